The van der Waals surface area contributed by atoms with E-state index >= 15 is 0 Å². The Morgan fingerprint density at radius 2 is 1.11 bits per heavy atom. The number of imidazole rings is 2. The third-order valence-electron chi connectivity index (χ3n) is 17.3. The molecule has 17 heterocycles. The summed E-state index contributed by atoms with van der Waals surface area (Å²) in [6.45, 7) is 2.25. The van der Waals surface area contributed by atoms with Gasteiger partial charge in [0.25, 0.3) is 0 Å². The Bertz CT molecular complexity index is 4550. The van der Waals surface area contributed by atoms with Crippen LogP contribution in [0.4, 0.5) is 5.82 Å². The number of thiophene rings is 1. The largest absolute Gasteiger partial charge is 0.370 e. The molecule has 22 rings (SSSR count). The zero-order valence-corrected chi connectivity index (χ0v) is 58.2. The molecule has 0 amide bonds. The predicted octanol–water partition coefficient (Wildman–Crippen LogP) is 16.8. The number of carbonyl (C=O) groups is 1. The molecule has 2 aromatic carbocycles. The van der Waals surface area contributed by atoms with E-state index in [1.165, 1.54) is 114 Å². The Morgan fingerprint density at radius 3 is 1.92 bits per heavy atom. The van der Waals surface area contributed by atoms with Gasteiger partial charge in [-0.1, -0.05) is 66.7 Å². The summed E-state index contributed by atoms with van der Waals surface area (Å²) in [6, 6.07) is 47.0. The Kier molecular flexibility index (Phi) is 26.2. The highest BCUT2D eigenvalue weighted by Crippen LogP contribution is 2.22. The minimum absolute atomic E-state index is 0.378. The Hall–Kier alpha value is -12.4. The topological polar surface area (TPSA) is 221 Å². The van der Waals surface area contributed by atoms with Crippen LogP contribution in [0, 0.1) is 0 Å². The highest BCUT2D eigenvalue weighted by molar-refractivity contribution is 7.17. The number of aromatic amines is 2. The summed E-state index contributed by atoms with van der Waals surface area (Å²) < 4.78 is 9.36. The molecule has 3 aliphatic carbocycles. The van der Waals surface area contributed by atoms with Crippen molar-refractivity contribution in [3.05, 3.63) is 338 Å². The lowest BCUT2D eigenvalue weighted by Crippen LogP contribution is -2.12. The SMILES string of the molecule is C1=Cc2ccncc2C1.O=C1CCc2ccccc2C1.c1cc2ccncn2c1.c1cc2ccsc2cn1.c1cc2cnccn2c1.c1ccc2c(c1)CCCC2.c1cn2c(n1)CCCC2.c1cnc2[nH]ccc2c1.c1cnc2[nH]ccc2n1.c1cnc2c(c1)CCCN2.c1cnc2nccn2c1. The molecule has 103 heavy (non-hydrogen) atoms. The van der Waals surface area contributed by atoms with Crippen LogP contribution < -0.4 is 5.32 Å². The predicted molar refractivity (Wildman–Crippen MR) is 413 cm³/mol. The molecule has 0 saturated heterocycles. The number of benzene rings is 2. The molecular weight excluding hydrogens is 1300 g/mol. The molecule has 0 fully saturated rings. The molecule has 516 valence electrons. The average Bonchev–Trinajstić information content (AvgIpc) is 1.89. The van der Waals surface area contributed by atoms with Crippen molar-refractivity contribution in [2.24, 2.45) is 0 Å². The van der Waals surface area contributed by atoms with Crippen molar-refractivity contribution >= 4 is 78.1 Å². The smallest absolute Gasteiger partial charge is 0.233 e. The summed E-state index contributed by atoms with van der Waals surface area (Å²) in [5.41, 5.74) is 14.8. The minimum atomic E-state index is 0.378. The zero-order chi connectivity index (χ0) is 70.1. The minimum Gasteiger partial charge on any atom is -0.370 e. The molecule has 20 heteroatoms. The van der Waals surface area contributed by atoms with Crippen molar-refractivity contribution in [1.82, 2.24) is 82.6 Å². The number of aromatic nitrogens is 17. The first-order valence-electron chi connectivity index (χ1n) is 34.8. The number of Topliss-reactive ketones (excluding diaryl/α,β-unsaturated/α-hetero) is 1. The second-order valence-electron chi connectivity index (χ2n) is 24.3. The second kappa shape index (κ2) is 38.2. The number of aryl methyl sites for hydroxylation is 6. The fourth-order valence-corrected chi connectivity index (χ4v) is 12.7. The molecule has 0 radical (unpaired) electrons. The van der Waals surface area contributed by atoms with Gasteiger partial charge < -0.3 is 28.7 Å². The van der Waals surface area contributed by atoms with Gasteiger partial charge in [-0.2, -0.15) is 0 Å². The number of ketones is 1. The highest BCUT2D eigenvalue weighted by atomic mass is 32.1. The third-order valence-corrected chi connectivity index (χ3v) is 18.1. The van der Waals surface area contributed by atoms with Gasteiger partial charge in [-0.25, -0.2) is 34.9 Å². The van der Waals surface area contributed by atoms with E-state index in [2.05, 4.69) is 141 Å². The zero-order valence-electron chi connectivity index (χ0n) is 57.4. The van der Waals surface area contributed by atoms with Crippen LogP contribution in [-0.2, 0) is 56.3 Å². The Labute approximate surface area is 602 Å². The number of anilines is 1. The van der Waals surface area contributed by atoms with Crippen molar-refractivity contribution < 1.29 is 4.79 Å². The Balaban J connectivity index is 0.000000107. The molecule has 19 nitrogen and oxygen atoms in total. The van der Waals surface area contributed by atoms with Gasteiger partial charge in [0, 0.05) is 173 Å². The van der Waals surface area contributed by atoms with Crippen molar-refractivity contribution in [3.8, 4) is 0 Å². The van der Waals surface area contributed by atoms with Crippen LogP contribution in [-0.4, -0.2) is 94.9 Å². The van der Waals surface area contributed by atoms with Gasteiger partial charge in [-0.3, -0.25) is 29.1 Å². The monoisotopic (exact) mass is 1380 g/mol. The van der Waals surface area contributed by atoms with Gasteiger partial charge in [0.2, 0.25) is 5.78 Å². The fraction of sp³-hybridized carbons (Fsp3) is 0.181. The number of rotatable bonds is 0. The van der Waals surface area contributed by atoms with Crippen LogP contribution >= 0.6 is 11.3 Å². The summed E-state index contributed by atoms with van der Waals surface area (Å²) >= 11 is 1.72. The first-order chi connectivity index (χ1) is 51.0. The molecule has 0 bridgehead atoms. The van der Waals surface area contributed by atoms with Gasteiger partial charge >= 0.3 is 0 Å². The number of hydrogen-bond acceptors (Lipinski definition) is 14. The van der Waals surface area contributed by atoms with Crippen LogP contribution in [0.2, 0.25) is 0 Å². The molecule has 0 spiro atoms. The van der Waals surface area contributed by atoms with Gasteiger partial charge in [0.15, 0.2) is 5.65 Å². The summed E-state index contributed by atoms with van der Waals surface area (Å²) in [5.74, 6) is 3.47. The van der Waals surface area contributed by atoms with E-state index in [4.69, 9.17) is 0 Å². The summed E-state index contributed by atoms with van der Waals surface area (Å²) in [5, 5.41) is 7.78. The van der Waals surface area contributed by atoms with Gasteiger partial charge in [-0.15, -0.1) is 11.3 Å². The second-order valence-corrected chi connectivity index (χ2v) is 25.2. The van der Waals surface area contributed by atoms with Crippen molar-refractivity contribution in [2.45, 2.75) is 90.0 Å². The van der Waals surface area contributed by atoms with E-state index < -0.39 is 0 Å². The number of nitrogens with one attached hydrogen (secondary N) is 3. The van der Waals surface area contributed by atoms with E-state index in [0.717, 1.165) is 65.1 Å². The third kappa shape index (κ3) is 21.3. The maximum Gasteiger partial charge on any atom is 0.233 e. The van der Waals surface area contributed by atoms with E-state index in [1.807, 2.05) is 197 Å². The number of fused-ring (bicyclic) bond motifs is 11. The molecule has 5 aliphatic rings. The van der Waals surface area contributed by atoms with Gasteiger partial charge in [0.05, 0.1) is 22.7 Å². The molecule has 3 N–H and O–H groups in total. The average molecular weight is 1380 g/mol. The number of hydrogen-bond donors (Lipinski definition) is 3. The lowest BCUT2D eigenvalue weighted by atomic mass is 9.91. The number of pyridine rings is 4. The molecular formula is C83H82N18OS. The van der Waals surface area contributed by atoms with Crippen molar-refractivity contribution in [1.29, 1.82) is 0 Å². The maximum atomic E-state index is 11.0. The van der Waals surface area contributed by atoms with Crippen molar-refractivity contribution in [3.63, 3.8) is 0 Å². The first kappa shape index (κ1) is 70.4. The van der Waals surface area contributed by atoms with E-state index in [1.54, 1.807) is 72.2 Å². The van der Waals surface area contributed by atoms with E-state index in [-0.39, 0.29) is 0 Å². The normalized spacial score (nSPS) is 12.9. The summed E-state index contributed by atoms with van der Waals surface area (Å²) in [6.07, 6.45) is 61.6. The van der Waals surface area contributed by atoms with Crippen LogP contribution in [0.3, 0.4) is 0 Å². The molecule has 2 aliphatic heterocycles. The standard InChI is InChI=1S/C10H10O.C10H12.C8H10N2.C8H7N.3C7H6N2.C7H10N2.C7H5NS.2C6H5N3/c11-10-6-5-8-3-1-2-4-9(8)7-10;1-2-6-10-8-4-3-7-9(10)5-1;1-3-7-4-2-6-10-8(7)9-5-1;1-2-7-4-5-9-6-8(7)3-1;1-2-7-3-4-8-6-9(7)5-1;1-2-7-6-8-3-5-9(7)4-1;1-2-6-3-5-9-7(6)8-4-1;1-2-5-9-6-4-8-7(9)3-1;1-3-8-5-7-6(1)2-4-9-7;1-2-8-6-5(1)7-3-4-9-6;1-2-7-6-8-3-5-9(6)4-1/h1-4H,5-7H2;1-2,5-6H,3-4,7-8H2;1,3,5H,2,4,6H2,(H,9,10);1-2,4-6H,3H2;2*1-6H;1-5H,(H,8,9);4,6H,1-3,5H2;1-5H;1-4H,(H,8,9);1-5H. The van der Waals surface area contributed by atoms with E-state index in [9.17, 15) is 4.79 Å². The molecule has 0 atom stereocenters. The number of allylic oxidation sites excluding steroid dienone is 1. The fourth-order valence-electron chi connectivity index (χ4n) is 11.9. The first-order valence-corrected chi connectivity index (χ1v) is 35.7. The van der Waals surface area contributed by atoms with Crippen LogP contribution in [0.25, 0.3) is 55.2 Å². The van der Waals surface area contributed by atoms with Crippen LogP contribution in [0.15, 0.2) is 294 Å². The van der Waals surface area contributed by atoms with Gasteiger partial charge in [-0.05, 0) is 199 Å². The molecule has 0 unspecified atom stereocenters. The number of H-pyrrole nitrogens is 2. The molecule has 17 aromatic rings. The summed E-state index contributed by atoms with van der Waals surface area (Å²) in [7, 11) is 0. The Morgan fingerprint density at radius 1 is 0.417 bits per heavy atom. The van der Waals surface area contributed by atoms with E-state index in [0.29, 0.717) is 12.2 Å². The van der Waals surface area contributed by atoms with Crippen molar-refractivity contribution in [2.75, 3.05) is 11.9 Å². The number of nitrogens with zero attached hydrogens (tertiary/aromatic N) is 15. The van der Waals surface area contributed by atoms with Crippen LogP contribution in [0.5, 0.6) is 0 Å². The number of carbonyl (C=O) groups excluding carboxylic acids is 1. The quantitative estimate of drug-likeness (QED) is 0.129. The highest BCUT2D eigenvalue weighted by Gasteiger charge is 2.14. The van der Waals surface area contributed by atoms with Crippen LogP contribution in [0.1, 0.15) is 83.3 Å². The lowest BCUT2D eigenvalue weighted by molar-refractivity contribution is -0.118. The lowest BCUT2D eigenvalue weighted by Gasteiger charge is -2.15. The van der Waals surface area contributed by atoms with Gasteiger partial charge in [0.1, 0.15) is 28.6 Å². The molecule has 0 saturated carbocycles. The molecule has 15 aromatic heterocycles. The maximum absolute atomic E-state index is 11.0. The summed E-state index contributed by atoms with van der Waals surface area (Å²) in [4.78, 5) is 61.5.